The Hall–Kier alpha value is -1.98. The number of carbonyl (C=O) groups is 2. The van der Waals surface area contributed by atoms with Crippen LogP contribution in [0.4, 0.5) is 5.69 Å². The van der Waals surface area contributed by atoms with Gasteiger partial charge in [-0.25, -0.2) is 0 Å². The van der Waals surface area contributed by atoms with Gasteiger partial charge in [0, 0.05) is 22.9 Å². The number of amides is 2. The normalized spacial score (nSPS) is 16.2. The molecule has 3 rings (SSSR count). The molecule has 4 nitrogen and oxygen atoms in total. The van der Waals surface area contributed by atoms with Crippen molar-refractivity contribution < 1.29 is 9.59 Å². The summed E-state index contributed by atoms with van der Waals surface area (Å²) < 4.78 is 0. The van der Waals surface area contributed by atoms with Gasteiger partial charge < -0.3 is 10.6 Å². The van der Waals surface area contributed by atoms with E-state index in [-0.39, 0.29) is 18.2 Å². The number of benzene rings is 2. The van der Waals surface area contributed by atoms with Gasteiger partial charge in [0.05, 0.1) is 10.9 Å². The molecular weight excluding hydrogens is 344 g/mol. The second kappa shape index (κ2) is 7.73. The summed E-state index contributed by atoms with van der Waals surface area (Å²) in [7, 11) is 0. The van der Waals surface area contributed by atoms with Gasteiger partial charge in [-0.15, -0.1) is 11.8 Å². The lowest BCUT2D eigenvalue weighted by Crippen LogP contribution is -2.35. The lowest BCUT2D eigenvalue weighted by molar-refractivity contribution is -0.124. The number of rotatable bonds is 5. The maximum Gasteiger partial charge on any atom is 0.238 e. The van der Waals surface area contributed by atoms with Crippen molar-refractivity contribution in [1.29, 1.82) is 0 Å². The van der Waals surface area contributed by atoms with Gasteiger partial charge in [0.15, 0.2) is 0 Å². The van der Waals surface area contributed by atoms with E-state index < -0.39 is 5.25 Å². The first-order valence-electron chi connectivity index (χ1n) is 7.69. The van der Waals surface area contributed by atoms with Gasteiger partial charge in [0.1, 0.15) is 0 Å². The number of hydrogen-bond donors (Lipinski definition) is 2. The van der Waals surface area contributed by atoms with Crippen molar-refractivity contribution in [2.45, 2.75) is 23.0 Å². The summed E-state index contributed by atoms with van der Waals surface area (Å²) in [6.45, 7) is 0.564. The van der Waals surface area contributed by atoms with E-state index in [1.54, 1.807) is 12.1 Å². The number of anilines is 1. The fraction of sp³-hybridized carbons (Fsp3) is 0.222. The van der Waals surface area contributed by atoms with Crippen LogP contribution in [0.15, 0.2) is 53.4 Å². The first kappa shape index (κ1) is 16.9. The van der Waals surface area contributed by atoms with E-state index in [0.717, 1.165) is 11.3 Å². The van der Waals surface area contributed by atoms with Crippen LogP contribution in [-0.2, 0) is 16.0 Å². The summed E-state index contributed by atoms with van der Waals surface area (Å²) in [5.74, 6) is -0.274. The molecule has 0 spiro atoms. The van der Waals surface area contributed by atoms with Crippen LogP contribution in [0.5, 0.6) is 0 Å². The molecule has 0 fully saturated rings. The van der Waals surface area contributed by atoms with Gasteiger partial charge in [-0.1, -0.05) is 41.9 Å². The van der Waals surface area contributed by atoms with Gasteiger partial charge in [-0.2, -0.15) is 0 Å². The molecule has 0 saturated carbocycles. The van der Waals surface area contributed by atoms with Gasteiger partial charge >= 0.3 is 0 Å². The molecule has 2 amide bonds. The van der Waals surface area contributed by atoms with Crippen molar-refractivity contribution in [3.63, 3.8) is 0 Å². The van der Waals surface area contributed by atoms with E-state index in [9.17, 15) is 9.59 Å². The highest BCUT2D eigenvalue weighted by atomic mass is 35.5. The minimum atomic E-state index is -0.421. The first-order chi connectivity index (χ1) is 11.6. The molecule has 2 aromatic rings. The molecule has 0 aromatic heterocycles. The zero-order valence-corrected chi connectivity index (χ0v) is 14.5. The highest BCUT2D eigenvalue weighted by Gasteiger charge is 2.28. The molecular formula is C18H17ClN2O2S. The summed E-state index contributed by atoms with van der Waals surface area (Å²) in [5, 5.41) is 5.85. The third kappa shape index (κ3) is 4.30. The molecule has 1 heterocycles. The Morgan fingerprint density at radius 2 is 2.00 bits per heavy atom. The zero-order valence-electron chi connectivity index (χ0n) is 12.9. The van der Waals surface area contributed by atoms with Crippen LogP contribution in [-0.4, -0.2) is 23.6 Å². The Labute approximate surface area is 150 Å². The monoisotopic (exact) mass is 360 g/mol. The quantitative estimate of drug-likeness (QED) is 0.858. The van der Waals surface area contributed by atoms with E-state index in [1.807, 2.05) is 36.4 Å². The second-order valence-electron chi connectivity index (χ2n) is 5.53. The predicted octanol–water partition coefficient (Wildman–Crippen LogP) is 3.50. The highest BCUT2D eigenvalue weighted by Crippen LogP contribution is 2.38. The molecule has 1 unspecified atom stereocenters. The van der Waals surface area contributed by atoms with E-state index in [2.05, 4.69) is 10.6 Å². The van der Waals surface area contributed by atoms with Crippen LogP contribution in [0, 0.1) is 0 Å². The largest absolute Gasteiger partial charge is 0.356 e. The van der Waals surface area contributed by atoms with E-state index in [1.165, 1.54) is 17.3 Å². The molecule has 0 aliphatic carbocycles. The van der Waals surface area contributed by atoms with Crippen molar-refractivity contribution in [1.82, 2.24) is 5.32 Å². The number of carbonyl (C=O) groups excluding carboxylic acids is 2. The maximum absolute atomic E-state index is 12.1. The Morgan fingerprint density at radius 3 is 2.79 bits per heavy atom. The van der Waals surface area contributed by atoms with Crippen molar-refractivity contribution in [3.05, 3.63) is 59.1 Å². The minimum Gasteiger partial charge on any atom is -0.356 e. The Bertz CT molecular complexity index is 752. The SMILES string of the molecule is O=C(CC1Sc2ccc(Cl)cc2NC1=O)NCCc1ccccc1. The van der Waals surface area contributed by atoms with Gasteiger partial charge in [-0.05, 0) is 30.2 Å². The highest BCUT2D eigenvalue weighted by molar-refractivity contribution is 8.01. The van der Waals surface area contributed by atoms with E-state index >= 15 is 0 Å². The third-order valence-electron chi connectivity index (χ3n) is 3.71. The predicted molar refractivity (Wildman–Crippen MR) is 97.5 cm³/mol. The molecule has 24 heavy (non-hydrogen) atoms. The van der Waals surface area contributed by atoms with Crippen molar-refractivity contribution in [2.75, 3.05) is 11.9 Å². The van der Waals surface area contributed by atoms with Crippen LogP contribution >= 0.6 is 23.4 Å². The second-order valence-corrected chi connectivity index (χ2v) is 7.21. The van der Waals surface area contributed by atoms with Gasteiger partial charge in [0.2, 0.25) is 11.8 Å². The molecule has 2 aromatic carbocycles. The summed E-state index contributed by atoms with van der Waals surface area (Å²) >= 11 is 7.33. The first-order valence-corrected chi connectivity index (χ1v) is 8.95. The molecule has 6 heteroatoms. The van der Waals surface area contributed by atoms with Crippen molar-refractivity contribution >= 4 is 40.9 Å². The number of hydrogen-bond acceptors (Lipinski definition) is 3. The Morgan fingerprint density at radius 1 is 1.21 bits per heavy atom. The molecule has 1 aliphatic heterocycles. The molecule has 124 valence electrons. The fourth-order valence-corrected chi connectivity index (χ4v) is 3.75. The summed E-state index contributed by atoms with van der Waals surface area (Å²) in [4.78, 5) is 25.2. The molecule has 0 bridgehead atoms. The number of thioether (sulfide) groups is 1. The van der Waals surface area contributed by atoms with Gasteiger partial charge in [-0.3, -0.25) is 9.59 Å². The topological polar surface area (TPSA) is 58.2 Å². The number of nitrogens with one attached hydrogen (secondary N) is 2. The third-order valence-corrected chi connectivity index (χ3v) is 5.22. The summed E-state index contributed by atoms with van der Waals surface area (Å²) in [6.07, 6.45) is 0.936. The maximum atomic E-state index is 12.1. The fourth-order valence-electron chi connectivity index (χ4n) is 2.49. The molecule has 1 aliphatic rings. The Kier molecular flexibility index (Phi) is 5.43. The lowest BCUT2D eigenvalue weighted by Gasteiger charge is -2.23. The van der Waals surface area contributed by atoms with Crippen LogP contribution in [0.2, 0.25) is 5.02 Å². The van der Waals surface area contributed by atoms with Crippen LogP contribution in [0.25, 0.3) is 0 Å². The lowest BCUT2D eigenvalue weighted by atomic mass is 10.1. The van der Waals surface area contributed by atoms with Crippen molar-refractivity contribution in [3.8, 4) is 0 Å². The summed E-state index contributed by atoms with van der Waals surface area (Å²) in [5.41, 5.74) is 1.88. The standard InChI is InChI=1S/C18H17ClN2O2S/c19-13-6-7-15-14(10-13)21-18(23)16(24-15)11-17(22)20-9-8-12-4-2-1-3-5-12/h1-7,10,16H,8-9,11H2,(H,20,22)(H,21,23). The van der Waals surface area contributed by atoms with Crippen LogP contribution < -0.4 is 10.6 Å². The molecule has 0 radical (unpaired) electrons. The molecule has 2 N–H and O–H groups in total. The molecule has 1 atom stereocenters. The van der Waals surface area contributed by atoms with Crippen molar-refractivity contribution in [2.24, 2.45) is 0 Å². The number of fused-ring (bicyclic) bond motifs is 1. The van der Waals surface area contributed by atoms with Crippen LogP contribution in [0.3, 0.4) is 0 Å². The zero-order chi connectivity index (χ0) is 16.9. The average molecular weight is 361 g/mol. The van der Waals surface area contributed by atoms with E-state index in [4.69, 9.17) is 11.6 Å². The van der Waals surface area contributed by atoms with Crippen LogP contribution in [0.1, 0.15) is 12.0 Å². The smallest absolute Gasteiger partial charge is 0.238 e. The Balaban J connectivity index is 1.51. The number of halogens is 1. The average Bonchev–Trinajstić information content (AvgIpc) is 2.57. The van der Waals surface area contributed by atoms with E-state index in [0.29, 0.717) is 17.3 Å². The minimum absolute atomic E-state index is 0.115. The summed E-state index contributed by atoms with van der Waals surface area (Å²) in [6, 6.07) is 15.3. The van der Waals surface area contributed by atoms with Gasteiger partial charge in [0.25, 0.3) is 0 Å². The molecule has 0 saturated heterocycles.